The topological polar surface area (TPSA) is 32.2 Å². The van der Waals surface area contributed by atoms with Crippen LogP contribution in [0.3, 0.4) is 0 Å². The van der Waals surface area contributed by atoms with E-state index in [1.54, 1.807) is 0 Å². The summed E-state index contributed by atoms with van der Waals surface area (Å²) in [6.07, 6.45) is 6.53. The molecule has 0 bridgehead atoms. The minimum atomic E-state index is 0.772. The number of rotatable bonds is 3. The second-order valence-corrected chi connectivity index (χ2v) is 6.54. The van der Waals surface area contributed by atoms with Crippen molar-refractivity contribution in [2.45, 2.75) is 13.1 Å². The summed E-state index contributed by atoms with van der Waals surface area (Å²) in [7, 11) is 0. The maximum atomic E-state index is 6.03. The van der Waals surface area contributed by atoms with Crippen LogP contribution in [0.5, 0.6) is 0 Å². The van der Waals surface area contributed by atoms with Gasteiger partial charge >= 0.3 is 0 Å². The number of hydrogen-bond donors (Lipinski definition) is 2. The number of fused-ring (bicyclic) bond motifs is 1. The van der Waals surface area contributed by atoms with E-state index < -0.39 is 0 Å². The lowest BCUT2D eigenvalue weighted by molar-refractivity contribution is 0.233. The van der Waals surface area contributed by atoms with E-state index >= 15 is 0 Å². The molecule has 4 nitrogen and oxygen atoms in total. The highest BCUT2D eigenvalue weighted by atomic mass is 35.5. The molecule has 5 heteroatoms. The van der Waals surface area contributed by atoms with Crippen LogP contribution in [0.1, 0.15) is 16.8 Å². The molecule has 1 aromatic heterocycles. The van der Waals surface area contributed by atoms with Crippen molar-refractivity contribution in [3.8, 4) is 5.69 Å². The first kappa shape index (κ1) is 14.8. The molecule has 0 unspecified atom stereocenters. The van der Waals surface area contributed by atoms with Crippen LogP contribution >= 0.6 is 11.6 Å². The number of nitrogens with one attached hydrogen (secondary N) is 2. The van der Waals surface area contributed by atoms with Crippen molar-refractivity contribution >= 4 is 17.7 Å². The predicted octanol–water partition coefficient (Wildman–Crippen LogP) is 2.61. The second-order valence-electron chi connectivity index (χ2n) is 6.10. The van der Waals surface area contributed by atoms with Gasteiger partial charge in [-0.15, -0.1) is 0 Å². The maximum absolute atomic E-state index is 6.03. The van der Waals surface area contributed by atoms with E-state index in [9.17, 15) is 0 Å². The fourth-order valence-corrected chi connectivity index (χ4v) is 3.49. The summed E-state index contributed by atoms with van der Waals surface area (Å²) in [6, 6.07) is 8.06. The Kier molecular flexibility index (Phi) is 4.12. The summed E-state index contributed by atoms with van der Waals surface area (Å²) < 4.78 is 2.29. The summed E-state index contributed by atoms with van der Waals surface area (Å²) in [4.78, 5) is 2.52. The van der Waals surface area contributed by atoms with Crippen molar-refractivity contribution < 1.29 is 0 Å². The molecule has 0 atom stereocenters. The molecule has 0 amide bonds. The monoisotopic (exact) mass is 328 g/mol. The third-order valence-corrected chi connectivity index (χ3v) is 4.83. The molecule has 2 aliphatic rings. The van der Waals surface area contributed by atoms with Gasteiger partial charge in [-0.3, -0.25) is 4.90 Å². The molecule has 2 N–H and O–H groups in total. The molecule has 0 saturated carbocycles. The van der Waals surface area contributed by atoms with Gasteiger partial charge in [-0.25, -0.2) is 0 Å². The minimum Gasteiger partial charge on any atom is -0.385 e. The molecule has 3 heterocycles. The summed E-state index contributed by atoms with van der Waals surface area (Å²) in [5.74, 6) is 0. The zero-order chi connectivity index (χ0) is 15.6. The molecule has 120 valence electrons. The van der Waals surface area contributed by atoms with E-state index in [0.717, 1.165) is 50.0 Å². The van der Waals surface area contributed by atoms with Crippen molar-refractivity contribution in [1.29, 1.82) is 0 Å². The van der Waals surface area contributed by atoms with Gasteiger partial charge in [0.2, 0.25) is 0 Å². The molecule has 0 radical (unpaired) electrons. The number of benzene rings is 1. The van der Waals surface area contributed by atoms with Crippen LogP contribution in [0.2, 0.25) is 5.02 Å². The lowest BCUT2D eigenvalue weighted by Gasteiger charge is -2.27. The molecule has 0 spiro atoms. The highest BCUT2D eigenvalue weighted by Gasteiger charge is 2.19. The van der Waals surface area contributed by atoms with Crippen LogP contribution in [0.25, 0.3) is 11.8 Å². The third-order valence-electron chi connectivity index (χ3n) is 4.58. The smallest absolute Gasteiger partial charge is 0.0557 e. The van der Waals surface area contributed by atoms with Crippen LogP contribution in [0.4, 0.5) is 0 Å². The zero-order valence-electron chi connectivity index (χ0n) is 13.1. The summed E-state index contributed by atoms with van der Waals surface area (Å²) in [5, 5.41) is 7.52. The minimum absolute atomic E-state index is 0.772. The van der Waals surface area contributed by atoms with Crippen LogP contribution in [-0.4, -0.2) is 35.6 Å². The Morgan fingerprint density at radius 2 is 1.87 bits per heavy atom. The van der Waals surface area contributed by atoms with Gasteiger partial charge in [0.25, 0.3) is 0 Å². The van der Waals surface area contributed by atoms with Crippen LogP contribution in [-0.2, 0) is 13.1 Å². The predicted molar refractivity (Wildman–Crippen MR) is 94.8 cm³/mol. The fraction of sp³-hybridized carbons (Fsp3) is 0.333. The number of aromatic nitrogens is 1. The van der Waals surface area contributed by atoms with Gasteiger partial charge < -0.3 is 15.2 Å². The average Bonchev–Trinajstić information content (AvgIpc) is 2.95. The SMILES string of the molecule is Clc1ccc(-n2cc(CN3CCNCC3)c3c2CNC=C3)cc1. The number of hydrogen-bond acceptors (Lipinski definition) is 3. The normalized spacial score (nSPS) is 17.8. The van der Waals surface area contributed by atoms with Gasteiger partial charge in [0.05, 0.1) is 6.54 Å². The van der Waals surface area contributed by atoms with Gasteiger partial charge in [0, 0.05) is 60.9 Å². The first-order chi connectivity index (χ1) is 11.3. The van der Waals surface area contributed by atoms with Gasteiger partial charge in [-0.05, 0) is 42.1 Å². The highest BCUT2D eigenvalue weighted by Crippen LogP contribution is 2.27. The Bertz CT molecular complexity index is 711. The average molecular weight is 329 g/mol. The molecule has 2 aromatic rings. The van der Waals surface area contributed by atoms with E-state index in [1.807, 2.05) is 12.1 Å². The van der Waals surface area contributed by atoms with Crippen molar-refractivity contribution in [3.05, 3.63) is 58.5 Å². The fourth-order valence-electron chi connectivity index (χ4n) is 3.37. The molecular formula is C18H21ClN4. The van der Waals surface area contributed by atoms with Crippen molar-refractivity contribution in [2.75, 3.05) is 26.2 Å². The summed E-state index contributed by atoms with van der Waals surface area (Å²) in [6.45, 7) is 6.26. The largest absolute Gasteiger partial charge is 0.385 e. The first-order valence-corrected chi connectivity index (χ1v) is 8.51. The standard InChI is InChI=1S/C18H21ClN4/c19-15-1-3-16(4-2-15)23-13-14(12-22-9-7-20-8-10-22)17-5-6-21-11-18(17)23/h1-6,13,20-21H,7-12H2. The number of nitrogens with zero attached hydrogens (tertiary/aromatic N) is 2. The molecule has 0 aliphatic carbocycles. The van der Waals surface area contributed by atoms with E-state index in [0.29, 0.717) is 0 Å². The van der Waals surface area contributed by atoms with Gasteiger partial charge in [0.15, 0.2) is 0 Å². The Hall–Kier alpha value is -1.75. The Morgan fingerprint density at radius 1 is 1.09 bits per heavy atom. The lowest BCUT2D eigenvalue weighted by atomic mass is 10.1. The zero-order valence-corrected chi connectivity index (χ0v) is 13.8. The maximum Gasteiger partial charge on any atom is 0.0557 e. The van der Waals surface area contributed by atoms with E-state index in [-0.39, 0.29) is 0 Å². The van der Waals surface area contributed by atoms with E-state index in [1.165, 1.54) is 16.8 Å². The molecule has 1 saturated heterocycles. The van der Waals surface area contributed by atoms with Crippen LogP contribution in [0, 0.1) is 0 Å². The molecule has 2 aliphatic heterocycles. The van der Waals surface area contributed by atoms with E-state index in [4.69, 9.17) is 11.6 Å². The van der Waals surface area contributed by atoms with Crippen LogP contribution in [0.15, 0.2) is 36.7 Å². The number of piperazine rings is 1. The first-order valence-electron chi connectivity index (χ1n) is 8.13. The Balaban J connectivity index is 1.69. The Morgan fingerprint density at radius 3 is 2.65 bits per heavy atom. The quantitative estimate of drug-likeness (QED) is 0.908. The molecule has 1 fully saturated rings. The highest BCUT2D eigenvalue weighted by molar-refractivity contribution is 6.30. The molecular weight excluding hydrogens is 308 g/mol. The molecule has 4 rings (SSSR count). The van der Waals surface area contributed by atoms with Crippen LogP contribution < -0.4 is 10.6 Å². The third kappa shape index (κ3) is 3.02. The molecule has 1 aromatic carbocycles. The summed E-state index contributed by atoms with van der Waals surface area (Å²) in [5.41, 5.74) is 5.24. The number of halogens is 1. The van der Waals surface area contributed by atoms with Crippen molar-refractivity contribution in [2.24, 2.45) is 0 Å². The van der Waals surface area contributed by atoms with Crippen molar-refractivity contribution in [1.82, 2.24) is 20.1 Å². The Labute approximate surface area is 141 Å². The van der Waals surface area contributed by atoms with Crippen molar-refractivity contribution in [3.63, 3.8) is 0 Å². The summed E-state index contributed by atoms with van der Waals surface area (Å²) >= 11 is 6.03. The van der Waals surface area contributed by atoms with Gasteiger partial charge in [-0.2, -0.15) is 0 Å². The van der Waals surface area contributed by atoms with Gasteiger partial charge in [-0.1, -0.05) is 11.6 Å². The molecule has 23 heavy (non-hydrogen) atoms. The second kappa shape index (κ2) is 6.40. The van der Waals surface area contributed by atoms with Gasteiger partial charge in [0.1, 0.15) is 0 Å². The van der Waals surface area contributed by atoms with E-state index in [2.05, 4.69) is 50.7 Å². The lowest BCUT2D eigenvalue weighted by Crippen LogP contribution is -2.42.